The van der Waals surface area contributed by atoms with Crippen molar-refractivity contribution in [3.63, 3.8) is 0 Å². The van der Waals surface area contributed by atoms with E-state index >= 15 is 0 Å². The van der Waals surface area contributed by atoms with E-state index in [1.807, 2.05) is 19.9 Å². The summed E-state index contributed by atoms with van der Waals surface area (Å²) in [6.07, 6.45) is 4.36. The third-order valence-electron chi connectivity index (χ3n) is 4.74. The fraction of sp³-hybridized carbons (Fsp3) is 0.684. The number of hydrogen-bond acceptors (Lipinski definition) is 5. The van der Waals surface area contributed by atoms with E-state index in [-0.39, 0.29) is 37.1 Å². The fourth-order valence-electron chi connectivity index (χ4n) is 3.04. The Balaban J connectivity index is 2.07. The molecule has 1 saturated heterocycles. The Kier molecular flexibility index (Phi) is 8.12. The Morgan fingerprint density at radius 3 is 2.77 bits per heavy atom. The second kappa shape index (κ2) is 10.3. The standard InChI is InChI=1S/C19H30N2O5/c1-4-15(2)21(19(23)14-24-3)13-18(22)20(11-16-7-5-9-25-16)12-17-8-6-10-26-17/h5,7,9,15,17H,4,6,8,10-14H2,1-3H3/t15-,17+/m1/s1. The third-order valence-corrected chi connectivity index (χ3v) is 4.74. The highest BCUT2D eigenvalue weighted by Gasteiger charge is 2.27. The highest BCUT2D eigenvalue weighted by atomic mass is 16.5. The summed E-state index contributed by atoms with van der Waals surface area (Å²) < 4.78 is 16.1. The van der Waals surface area contributed by atoms with Gasteiger partial charge in [-0.2, -0.15) is 0 Å². The van der Waals surface area contributed by atoms with Crippen LogP contribution in [0.15, 0.2) is 22.8 Å². The third kappa shape index (κ3) is 5.85. The van der Waals surface area contributed by atoms with Crippen molar-refractivity contribution in [3.05, 3.63) is 24.2 Å². The highest BCUT2D eigenvalue weighted by Crippen LogP contribution is 2.16. The minimum absolute atomic E-state index is 0.0263. The van der Waals surface area contributed by atoms with Gasteiger partial charge in [0.15, 0.2) is 0 Å². The summed E-state index contributed by atoms with van der Waals surface area (Å²) in [7, 11) is 1.48. The van der Waals surface area contributed by atoms with E-state index in [0.29, 0.717) is 13.1 Å². The monoisotopic (exact) mass is 366 g/mol. The van der Waals surface area contributed by atoms with Crippen molar-refractivity contribution >= 4 is 11.8 Å². The van der Waals surface area contributed by atoms with Gasteiger partial charge in [0.25, 0.3) is 0 Å². The average Bonchev–Trinajstić information content (AvgIpc) is 3.32. The van der Waals surface area contributed by atoms with E-state index in [9.17, 15) is 9.59 Å². The van der Waals surface area contributed by atoms with Crippen LogP contribution in [0.2, 0.25) is 0 Å². The zero-order valence-corrected chi connectivity index (χ0v) is 16.0. The summed E-state index contributed by atoms with van der Waals surface area (Å²) in [5, 5.41) is 0. The second-order valence-electron chi connectivity index (χ2n) is 6.70. The molecular formula is C19H30N2O5. The van der Waals surface area contributed by atoms with E-state index in [4.69, 9.17) is 13.9 Å². The number of amides is 2. The molecule has 0 N–H and O–H groups in total. The van der Waals surface area contributed by atoms with Gasteiger partial charge >= 0.3 is 0 Å². The molecule has 1 aromatic heterocycles. The topological polar surface area (TPSA) is 72.2 Å². The van der Waals surface area contributed by atoms with Crippen molar-refractivity contribution in [1.82, 2.24) is 9.80 Å². The van der Waals surface area contributed by atoms with Crippen LogP contribution in [-0.2, 0) is 25.6 Å². The van der Waals surface area contributed by atoms with Gasteiger partial charge in [-0.1, -0.05) is 6.92 Å². The van der Waals surface area contributed by atoms with Crippen molar-refractivity contribution in [3.8, 4) is 0 Å². The maximum absolute atomic E-state index is 13.0. The van der Waals surface area contributed by atoms with Crippen LogP contribution in [0.3, 0.4) is 0 Å². The van der Waals surface area contributed by atoms with E-state index in [1.54, 1.807) is 22.1 Å². The lowest BCUT2D eigenvalue weighted by atomic mass is 10.2. The number of methoxy groups -OCH3 is 1. The molecule has 7 nitrogen and oxygen atoms in total. The largest absolute Gasteiger partial charge is 0.467 e. The normalized spacial score (nSPS) is 17.9. The first-order chi connectivity index (χ1) is 12.5. The molecule has 0 bridgehead atoms. The summed E-state index contributed by atoms with van der Waals surface area (Å²) in [4.78, 5) is 28.7. The fourth-order valence-corrected chi connectivity index (χ4v) is 3.04. The van der Waals surface area contributed by atoms with Crippen LogP contribution in [0, 0.1) is 0 Å². The molecule has 1 aromatic rings. The van der Waals surface area contributed by atoms with Gasteiger partial charge in [-0.15, -0.1) is 0 Å². The number of ether oxygens (including phenoxy) is 2. The first-order valence-electron chi connectivity index (χ1n) is 9.25. The highest BCUT2D eigenvalue weighted by molar-refractivity contribution is 5.85. The number of nitrogens with zero attached hydrogens (tertiary/aromatic N) is 2. The van der Waals surface area contributed by atoms with E-state index < -0.39 is 0 Å². The van der Waals surface area contributed by atoms with Gasteiger partial charge in [-0.25, -0.2) is 0 Å². The number of carbonyl (C=O) groups excluding carboxylic acids is 2. The molecular weight excluding hydrogens is 336 g/mol. The van der Waals surface area contributed by atoms with E-state index in [2.05, 4.69) is 0 Å². The van der Waals surface area contributed by atoms with Crippen LogP contribution in [0.5, 0.6) is 0 Å². The molecule has 0 unspecified atom stereocenters. The maximum atomic E-state index is 13.0. The van der Waals surface area contributed by atoms with Crippen LogP contribution >= 0.6 is 0 Å². The first-order valence-corrected chi connectivity index (χ1v) is 9.25. The molecule has 0 spiro atoms. The van der Waals surface area contributed by atoms with Crippen molar-refractivity contribution < 1.29 is 23.5 Å². The van der Waals surface area contributed by atoms with Gasteiger partial charge in [0.2, 0.25) is 11.8 Å². The molecule has 0 saturated carbocycles. The van der Waals surface area contributed by atoms with Gasteiger partial charge in [-0.05, 0) is 38.3 Å². The summed E-state index contributed by atoms with van der Waals surface area (Å²) in [6.45, 7) is 5.56. The minimum atomic E-state index is -0.176. The molecule has 0 aromatic carbocycles. The van der Waals surface area contributed by atoms with Crippen LogP contribution in [0.4, 0.5) is 0 Å². The molecule has 0 aliphatic carbocycles. The molecule has 7 heteroatoms. The number of rotatable bonds is 10. The molecule has 1 fully saturated rings. The molecule has 26 heavy (non-hydrogen) atoms. The SMILES string of the molecule is CC[C@@H](C)N(CC(=O)N(Cc1ccco1)C[C@@H]1CCCO1)C(=O)COC. The van der Waals surface area contributed by atoms with Gasteiger partial charge in [0, 0.05) is 26.3 Å². The Bertz CT molecular complexity index is 554. The Hall–Kier alpha value is -1.86. The molecule has 2 amide bonds. The van der Waals surface area contributed by atoms with Gasteiger partial charge in [0.05, 0.1) is 18.9 Å². The summed E-state index contributed by atoms with van der Waals surface area (Å²) in [5.74, 6) is 0.432. The van der Waals surface area contributed by atoms with Crippen molar-refractivity contribution in [1.29, 1.82) is 0 Å². The Labute approximate surface area is 155 Å². The summed E-state index contributed by atoms with van der Waals surface area (Å²) in [6, 6.07) is 3.62. The van der Waals surface area contributed by atoms with Crippen LogP contribution in [-0.4, -0.2) is 67.2 Å². The average molecular weight is 366 g/mol. The lowest BCUT2D eigenvalue weighted by Crippen LogP contribution is -2.48. The molecule has 2 atom stereocenters. The lowest BCUT2D eigenvalue weighted by molar-refractivity contribution is -0.145. The number of furan rings is 1. The smallest absolute Gasteiger partial charge is 0.249 e. The van der Waals surface area contributed by atoms with Gasteiger partial charge in [-0.3, -0.25) is 9.59 Å². The summed E-state index contributed by atoms with van der Waals surface area (Å²) in [5.41, 5.74) is 0. The van der Waals surface area contributed by atoms with Crippen molar-refractivity contribution in [2.45, 2.75) is 51.8 Å². The van der Waals surface area contributed by atoms with E-state index in [1.165, 1.54) is 7.11 Å². The van der Waals surface area contributed by atoms with Crippen molar-refractivity contribution in [2.75, 3.05) is 33.4 Å². The van der Waals surface area contributed by atoms with Crippen LogP contribution in [0.1, 0.15) is 38.9 Å². The van der Waals surface area contributed by atoms with E-state index in [0.717, 1.165) is 31.6 Å². The van der Waals surface area contributed by atoms with Gasteiger partial charge < -0.3 is 23.7 Å². The zero-order chi connectivity index (χ0) is 18.9. The number of carbonyl (C=O) groups is 2. The molecule has 146 valence electrons. The molecule has 2 heterocycles. The van der Waals surface area contributed by atoms with Crippen molar-refractivity contribution in [2.24, 2.45) is 0 Å². The first kappa shape index (κ1) is 20.5. The molecule has 2 rings (SSSR count). The summed E-state index contributed by atoms with van der Waals surface area (Å²) >= 11 is 0. The minimum Gasteiger partial charge on any atom is -0.467 e. The Morgan fingerprint density at radius 2 is 2.19 bits per heavy atom. The second-order valence-corrected chi connectivity index (χ2v) is 6.70. The van der Waals surface area contributed by atoms with Crippen LogP contribution < -0.4 is 0 Å². The predicted molar refractivity (Wildman–Crippen MR) is 96.4 cm³/mol. The molecule has 1 aliphatic heterocycles. The van der Waals surface area contributed by atoms with Gasteiger partial charge in [0.1, 0.15) is 18.9 Å². The Morgan fingerprint density at radius 1 is 1.38 bits per heavy atom. The lowest BCUT2D eigenvalue weighted by Gasteiger charge is -2.31. The quantitative estimate of drug-likeness (QED) is 0.634. The predicted octanol–water partition coefficient (Wildman–Crippen LogP) is 2.06. The van der Waals surface area contributed by atoms with Crippen LogP contribution in [0.25, 0.3) is 0 Å². The molecule has 1 aliphatic rings. The maximum Gasteiger partial charge on any atom is 0.249 e. The molecule has 0 radical (unpaired) electrons. The zero-order valence-electron chi connectivity index (χ0n) is 16.0. The number of hydrogen-bond donors (Lipinski definition) is 0.